The average molecular weight is 396 g/mol. The second-order valence-corrected chi connectivity index (χ2v) is 6.46. The number of likely N-dealkylation sites (N-methyl/N-ethyl adjacent to an activating group) is 1. The van der Waals surface area contributed by atoms with Gasteiger partial charge in [0.1, 0.15) is 23.6 Å². The summed E-state index contributed by atoms with van der Waals surface area (Å²) in [7, 11) is 3.84. The summed E-state index contributed by atoms with van der Waals surface area (Å²) < 4.78 is 45.7. The van der Waals surface area contributed by atoms with Crippen LogP contribution in [0.15, 0.2) is 29.2 Å². The quantitative estimate of drug-likeness (QED) is 0.658. The minimum atomic E-state index is -4.67. The Morgan fingerprint density at radius 1 is 1.32 bits per heavy atom. The zero-order chi connectivity index (χ0) is 20.5. The monoisotopic (exact) mass is 396 g/mol. The summed E-state index contributed by atoms with van der Waals surface area (Å²) in [5.74, 6) is 0.0353. The number of halogens is 3. The van der Waals surface area contributed by atoms with Gasteiger partial charge < -0.3 is 20.4 Å². The van der Waals surface area contributed by atoms with E-state index in [0.29, 0.717) is 18.1 Å². The van der Waals surface area contributed by atoms with Crippen LogP contribution in [0.3, 0.4) is 0 Å². The van der Waals surface area contributed by atoms with E-state index in [1.54, 1.807) is 12.1 Å². The van der Waals surface area contributed by atoms with Gasteiger partial charge in [0.05, 0.1) is 12.1 Å². The van der Waals surface area contributed by atoms with Crippen molar-refractivity contribution in [3.05, 3.63) is 46.1 Å². The lowest BCUT2D eigenvalue weighted by Gasteiger charge is -2.11. The van der Waals surface area contributed by atoms with E-state index in [1.807, 2.05) is 19.0 Å². The Bertz CT molecular complexity index is 1020. The van der Waals surface area contributed by atoms with E-state index in [-0.39, 0.29) is 23.4 Å². The smallest absolute Gasteiger partial charge is 0.433 e. The van der Waals surface area contributed by atoms with Gasteiger partial charge in [-0.05, 0) is 25.7 Å². The molecule has 0 radical (unpaired) electrons. The summed E-state index contributed by atoms with van der Waals surface area (Å²) in [5, 5.41) is 0. The molecule has 0 spiro atoms. The number of aromatic nitrogens is 4. The van der Waals surface area contributed by atoms with Crippen LogP contribution in [0.5, 0.6) is 5.88 Å². The molecule has 3 aromatic heterocycles. The van der Waals surface area contributed by atoms with Crippen LogP contribution in [-0.2, 0) is 12.7 Å². The van der Waals surface area contributed by atoms with Crippen LogP contribution in [0, 0.1) is 0 Å². The maximum absolute atomic E-state index is 13.0. The lowest BCUT2D eigenvalue weighted by atomic mass is 10.2. The normalized spacial score (nSPS) is 12.1. The zero-order valence-corrected chi connectivity index (χ0v) is 15.2. The molecular weight excluding hydrogens is 377 g/mol. The van der Waals surface area contributed by atoms with Crippen molar-refractivity contribution in [1.82, 2.24) is 24.4 Å². The van der Waals surface area contributed by atoms with Crippen LogP contribution in [0.2, 0.25) is 0 Å². The maximum Gasteiger partial charge on any atom is 0.433 e. The predicted molar refractivity (Wildman–Crippen MR) is 97.2 cm³/mol. The summed E-state index contributed by atoms with van der Waals surface area (Å²) in [4.78, 5) is 24.1. The Labute approximate surface area is 157 Å². The molecule has 8 nitrogen and oxygen atoms in total. The molecule has 0 aliphatic carbocycles. The fraction of sp³-hybridized carbons (Fsp3) is 0.353. The second kappa shape index (κ2) is 7.50. The van der Waals surface area contributed by atoms with Crippen molar-refractivity contribution in [3.8, 4) is 5.88 Å². The first-order valence-corrected chi connectivity index (χ1v) is 8.34. The van der Waals surface area contributed by atoms with Crippen molar-refractivity contribution in [2.45, 2.75) is 12.7 Å². The van der Waals surface area contributed by atoms with Crippen LogP contribution in [-0.4, -0.2) is 51.7 Å². The van der Waals surface area contributed by atoms with Gasteiger partial charge in [-0.2, -0.15) is 13.2 Å². The molecule has 3 heterocycles. The molecule has 28 heavy (non-hydrogen) atoms. The molecule has 150 valence electrons. The Hall–Kier alpha value is -3.08. The van der Waals surface area contributed by atoms with E-state index in [0.717, 1.165) is 17.2 Å². The van der Waals surface area contributed by atoms with E-state index >= 15 is 0 Å². The fourth-order valence-electron chi connectivity index (χ4n) is 2.58. The van der Waals surface area contributed by atoms with Gasteiger partial charge >= 0.3 is 11.9 Å². The van der Waals surface area contributed by atoms with Gasteiger partial charge in [-0.25, -0.2) is 14.8 Å². The highest BCUT2D eigenvalue weighted by atomic mass is 19.4. The van der Waals surface area contributed by atoms with Crippen molar-refractivity contribution in [2.75, 3.05) is 33.0 Å². The Kier molecular flexibility index (Phi) is 5.27. The number of nitrogens with zero attached hydrogens (tertiary/aromatic N) is 4. The molecule has 0 aliphatic heterocycles. The molecule has 0 bridgehead atoms. The van der Waals surface area contributed by atoms with E-state index in [9.17, 15) is 18.0 Å². The number of H-pyrrole nitrogens is 1. The number of aromatic amines is 1. The third kappa shape index (κ3) is 4.25. The van der Waals surface area contributed by atoms with E-state index in [4.69, 9.17) is 10.5 Å². The predicted octanol–water partition coefficient (Wildman–Crippen LogP) is 1.71. The number of alkyl halides is 3. The summed E-state index contributed by atoms with van der Waals surface area (Å²) in [6.07, 6.45) is -3.17. The Morgan fingerprint density at radius 3 is 2.68 bits per heavy atom. The molecule has 0 fully saturated rings. The molecule has 11 heteroatoms. The fourth-order valence-corrected chi connectivity index (χ4v) is 2.58. The van der Waals surface area contributed by atoms with Crippen molar-refractivity contribution in [3.63, 3.8) is 0 Å². The van der Waals surface area contributed by atoms with Crippen LogP contribution >= 0.6 is 0 Å². The van der Waals surface area contributed by atoms with Crippen LogP contribution in [0.1, 0.15) is 11.3 Å². The number of pyridine rings is 2. The first kappa shape index (κ1) is 19.7. The first-order chi connectivity index (χ1) is 13.1. The molecule has 3 rings (SSSR count). The number of nitrogens with two attached hydrogens (primary N) is 1. The zero-order valence-electron chi connectivity index (χ0n) is 15.2. The molecule has 0 saturated heterocycles. The van der Waals surface area contributed by atoms with Gasteiger partial charge in [-0.1, -0.05) is 6.07 Å². The number of hydrogen-bond donors (Lipinski definition) is 2. The van der Waals surface area contributed by atoms with Gasteiger partial charge in [-0.3, -0.25) is 4.57 Å². The summed E-state index contributed by atoms with van der Waals surface area (Å²) in [5.41, 5.74) is 4.55. The molecule has 0 atom stereocenters. The lowest BCUT2D eigenvalue weighted by Crippen LogP contribution is -2.20. The van der Waals surface area contributed by atoms with Gasteiger partial charge in [-0.15, -0.1) is 0 Å². The van der Waals surface area contributed by atoms with E-state index < -0.39 is 17.6 Å². The standard InChI is InChI=1S/C17H19F3N6O2/c1-25(2)5-6-28-13-4-3-10(8-22-13)9-26-11-7-12(17(18,19)20)23-15(21)14(11)24-16(26)27/h3-4,7-8H,5-6,9H2,1-2H3,(H2,21,23)(H,24,27). The first-order valence-electron chi connectivity index (χ1n) is 8.34. The molecular formula is C17H19F3N6O2. The van der Waals surface area contributed by atoms with Gasteiger partial charge in [0, 0.05) is 18.8 Å². The van der Waals surface area contributed by atoms with Crippen molar-refractivity contribution < 1.29 is 17.9 Å². The van der Waals surface area contributed by atoms with E-state index in [2.05, 4.69) is 15.0 Å². The number of nitrogens with one attached hydrogen (secondary N) is 1. The average Bonchev–Trinajstić information content (AvgIpc) is 2.92. The highest BCUT2D eigenvalue weighted by Gasteiger charge is 2.34. The van der Waals surface area contributed by atoms with Gasteiger partial charge in [0.25, 0.3) is 0 Å². The Morgan fingerprint density at radius 2 is 2.07 bits per heavy atom. The van der Waals surface area contributed by atoms with Crippen LogP contribution in [0.25, 0.3) is 11.0 Å². The third-order valence-electron chi connectivity index (χ3n) is 4.01. The number of rotatable bonds is 6. The summed E-state index contributed by atoms with van der Waals surface area (Å²) in [6, 6.07) is 4.14. The lowest BCUT2D eigenvalue weighted by molar-refractivity contribution is -0.141. The number of hydrogen-bond acceptors (Lipinski definition) is 6. The van der Waals surface area contributed by atoms with Crippen molar-refractivity contribution >= 4 is 16.9 Å². The van der Waals surface area contributed by atoms with Crippen LogP contribution in [0.4, 0.5) is 19.0 Å². The minimum Gasteiger partial charge on any atom is -0.476 e. The summed E-state index contributed by atoms with van der Waals surface area (Å²) in [6.45, 7) is 1.21. The SMILES string of the molecule is CN(C)CCOc1ccc(Cn2c(=O)[nH]c3c(N)nc(C(F)(F)F)cc32)cn1. The Balaban J connectivity index is 1.87. The second-order valence-electron chi connectivity index (χ2n) is 6.46. The molecule has 0 saturated carbocycles. The number of imidazole rings is 1. The molecule has 0 unspecified atom stereocenters. The number of fused-ring (bicyclic) bond motifs is 1. The van der Waals surface area contributed by atoms with Gasteiger partial charge in [0.15, 0.2) is 0 Å². The number of ether oxygens (including phenoxy) is 1. The topological polar surface area (TPSA) is 102 Å². The van der Waals surface area contributed by atoms with Crippen molar-refractivity contribution in [2.24, 2.45) is 0 Å². The minimum absolute atomic E-state index is 0.0184. The molecule has 3 N–H and O–H groups in total. The molecule has 0 aliphatic rings. The largest absolute Gasteiger partial charge is 0.476 e. The molecule has 0 amide bonds. The summed E-state index contributed by atoms with van der Waals surface area (Å²) >= 11 is 0. The highest BCUT2D eigenvalue weighted by Crippen LogP contribution is 2.31. The number of anilines is 1. The van der Waals surface area contributed by atoms with Gasteiger partial charge in [0.2, 0.25) is 5.88 Å². The molecule has 0 aromatic carbocycles. The third-order valence-corrected chi connectivity index (χ3v) is 4.01. The highest BCUT2D eigenvalue weighted by molar-refractivity contribution is 5.85. The molecule has 3 aromatic rings. The number of nitrogen functional groups attached to an aromatic ring is 1. The van der Waals surface area contributed by atoms with Crippen molar-refractivity contribution in [1.29, 1.82) is 0 Å². The van der Waals surface area contributed by atoms with Crippen LogP contribution < -0.4 is 16.2 Å². The maximum atomic E-state index is 13.0. The van der Waals surface area contributed by atoms with E-state index in [1.165, 1.54) is 6.20 Å².